The van der Waals surface area contributed by atoms with Gasteiger partial charge in [0.15, 0.2) is 29.7 Å². The smallest absolute Gasteiger partial charge is 0.344 e. The lowest BCUT2D eigenvalue weighted by Gasteiger charge is -2.17. The molecule has 252 valence electrons. The van der Waals surface area contributed by atoms with Crippen LogP contribution in [0.1, 0.15) is 39.5 Å². The van der Waals surface area contributed by atoms with Gasteiger partial charge in [-0.1, -0.05) is 23.2 Å². The van der Waals surface area contributed by atoms with E-state index >= 15 is 0 Å². The number of benzene rings is 2. The Morgan fingerprint density at radius 1 is 0.745 bits per heavy atom. The highest BCUT2D eigenvalue weighted by Gasteiger charge is 2.27. The Morgan fingerprint density at radius 3 is 1.66 bits per heavy atom. The van der Waals surface area contributed by atoms with Gasteiger partial charge in [0, 0.05) is 49.4 Å². The van der Waals surface area contributed by atoms with E-state index in [0.717, 1.165) is 37.8 Å². The first-order valence-electron chi connectivity index (χ1n) is 14.8. The van der Waals surface area contributed by atoms with Crippen LogP contribution in [0.2, 0.25) is 10.3 Å². The summed E-state index contributed by atoms with van der Waals surface area (Å²) in [5, 5.41) is 9.57. The van der Waals surface area contributed by atoms with Gasteiger partial charge in [-0.15, -0.1) is 0 Å². The van der Waals surface area contributed by atoms with Crippen molar-refractivity contribution in [2.45, 2.75) is 71.8 Å². The van der Waals surface area contributed by atoms with Crippen LogP contribution >= 0.6 is 23.2 Å². The molecule has 10 nitrogen and oxygen atoms in total. The van der Waals surface area contributed by atoms with Gasteiger partial charge in [-0.25, -0.2) is 31.7 Å². The summed E-state index contributed by atoms with van der Waals surface area (Å²) in [5.41, 5.74) is -1.33. The monoisotopic (exact) mass is 700 g/mol. The lowest BCUT2D eigenvalue weighted by molar-refractivity contribution is -0.149. The van der Waals surface area contributed by atoms with E-state index in [9.17, 15) is 37.1 Å². The lowest BCUT2D eigenvalue weighted by Crippen LogP contribution is -2.27. The second-order valence-corrected chi connectivity index (χ2v) is 11.9. The standard InChI is InChI=1S/C18H19ClF2N2O4.C13H11ClF2N2O2/c1-10(2)27-15(24)9-26-14-7-11(12(20)8-13(14)21)16-17(19)22-5-3-4-6-23(22)18(16)25;14-12-11(7-5-10(19)9(16)6-8(7)15)13(20)18-4-2-1-3-17(12)18/h7-8,10H,3-6,9H2,1-2H3;5-6,19H,1-4H2. The number of carbonyl (C=O) groups excluding carboxylic acids is 1. The number of rotatable bonds is 6. The molecule has 6 rings (SSSR count). The molecule has 2 aromatic carbocycles. The fourth-order valence-corrected chi connectivity index (χ4v) is 6.22. The Morgan fingerprint density at radius 2 is 1.19 bits per heavy atom. The predicted octanol–water partition coefficient (Wildman–Crippen LogP) is 6.12. The highest BCUT2D eigenvalue weighted by molar-refractivity contribution is 6.32. The molecule has 0 radical (unpaired) electrons. The van der Waals surface area contributed by atoms with Crippen LogP contribution in [0.4, 0.5) is 17.6 Å². The molecule has 4 heterocycles. The number of phenols is 1. The zero-order valence-electron chi connectivity index (χ0n) is 25.3. The number of fused-ring (bicyclic) bond motifs is 2. The Kier molecular flexibility index (Phi) is 10.1. The summed E-state index contributed by atoms with van der Waals surface area (Å²) in [6.45, 7) is 4.89. The number of hydrogen-bond donors (Lipinski definition) is 1. The highest BCUT2D eigenvalue weighted by atomic mass is 35.5. The molecule has 0 amide bonds. The van der Waals surface area contributed by atoms with Gasteiger partial charge in [-0.05, 0) is 51.7 Å². The molecule has 0 spiro atoms. The van der Waals surface area contributed by atoms with Gasteiger partial charge in [-0.2, -0.15) is 0 Å². The van der Waals surface area contributed by atoms with E-state index in [2.05, 4.69) is 0 Å². The molecule has 0 fully saturated rings. The minimum absolute atomic E-state index is 0.0404. The Hall–Kier alpha value is -4.17. The molecule has 16 heteroatoms. The summed E-state index contributed by atoms with van der Waals surface area (Å²) in [4.78, 5) is 36.5. The Bertz CT molecular complexity index is 1970. The van der Waals surface area contributed by atoms with Crippen molar-refractivity contribution in [1.29, 1.82) is 0 Å². The van der Waals surface area contributed by atoms with Crippen LogP contribution in [0, 0.1) is 23.3 Å². The zero-order chi connectivity index (χ0) is 34.2. The van der Waals surface area contributed by atoms with Crippen molar-refractivity contribution in [3.63, 3.8) is 0 Å². The van der Waals surface area contributed by atoms with E-state index in [1.54, 1.807) is 23.2 Å². The second kappa shape index (κ2) is 13.9. The number of carbonyl (C=O) groups is 1. The third kappa shape index (κ3) is 6.79. The number of aromatic hydroxyl groups is 1. The number of esters is 1. The van der Waals surface area contributed by atoms with Crippen molar-refractivity contribution < 1.29 is 36.9 Å². The molecule has 0 atom stereocenters. The minimum Gasteiger partial charge on any atom is -0.505 e. The first-order valence-corrected chi connectivity index (χ1v) is 15.5. The van der Waals surface area contributed by atoms with E-state index in [1.807, 2.05) is 0 Å². The molecule has 0 saturated heterocycles. The average Bonchev–Trinajstić information content (AvgIpc) is 3.43. The van der Waals surface area contributed by atoms with Crippen LogP contribution in [0.3, 0.4) is 0 Å². The van der Waals surface area contributed by atoms with Crippen LogP contribution < -0.4 is 15.9 Å². The van der Waals surface area contributed by atoms with Crippen LogP contribution in [-0.4, -0.2) is 42.5 Å². The highest BCUT2D eigenvalue weighted by Crippen LogP contribution is 2.34. The van der Waals surface area contributed by atoms with Crippen LogP contribution in [0.25, 0.3) is 22.3 Å². The van der Waals surface area contributed by atoms with E-state index < -0.39 is 52.7 Å². The predicted molar refractivity (Wildman–Crippen MR) is 165 cm³/mol. The van der Waals surface area contributed by atoms with Crippen LogP contribution in [-0.2, 0) is 35.7 Å². The number of ether oxygens (including phenoxy) is 2. The van der Waals surface area contributed by atoms with Crippen LogP contribution in [0.5, 0.6) is 11.5 Å². The molecule has 1 N–H and O–H groups in total. The number of aromatic nitrogens is 4. The van der Waals surface area contributed by atoms with E-state index in [-0.39, 0.29) is 44.4 Å². The van der Waals surface area contributed by atoms with Gasteiger partial charge < -0.3 is 14.6 Å². The summed E-state index contributed by atoms with van der Waals surface area (Å²) in [6, 6.07) is 3.08. The van der Waals surface area contributed by atoms with Gasteiger partial charge >= 0.3 is 5.97 Å². The van der Waals surface area contributed by atoms with Gasteiger partial charge in [0.2, 0.25) is 0 Å². The molecule has 0 bridgehead atoms. The third-order valence-electron chi connectivity index (χ3n) is 7.63. The summed E-state index contributed by atoms with van der Waals surface area (Å²) in [5.74, 6) is -5.70. The van der Waals surface area contributed by atoms with E-state index in [0.29, 0.717) is 38.3 Å². The SMILES string of the molecule is CC(C)OC(=O)COc1cc(-c2c(Cl)n3n(c2=O)CCCC3)c(F)cc1F.O=c1c(-c2cc(O)c(F)cc2F)c(Cl)n2n1CCCC2. The van der Waals surface area contributed by atoms with Gasteiger partial charge in [-0.3, -0.25) is 19.0 Å². The van der Waals surface area contributed by atoms with Crippen molar-refractivity contribution in [2.75, 3.05) is 6.61 Å². The Labute approximate surface area is 275 Å². The topological polar surface area (TPSA) is 110 Å². The molecule has 2 aliphatic rings. The first-order chi connectivity index (χ1) is 22.3. The summed E-state index contributed by atoms with van der Waals surface area (Å²) < 4.78 is 71.5. The number of halogens is 6. The van der Waals surface area contributed by atoms with Crippen molar-refractivity contribution in [3.05, 3.63) is 78.5 Å². The molecule has 2 aliphatic heterocycles. The second-order valence-electron chi connectivity index (χ2n) is 11.2. The summed E-state index contributed by atoms with van der Waals surface area (Å²) in [6.07, 6.45) is 3.05. The van der Waals surface area contributed by atoms with E-state index in [4.69, 9.17) is 32.7 Å². The Balaban J connectivity index is 0.000000193. The van der Waals surface area contributed by atoms with Crippen LogP contribution in [0.15, 0.2) is 33.9 Å². The van der Waals surface area contributed by atoms with Gasteiger partial charge in [0.05, 0.1) is 17.2 Å². The normalized spacial score (nSPS) is 13.9. The fraction of sp³-hybridized carbons (Fsp3) is 0.387. The van der Waals surface area contributed by atoms with Gasteiger partial charge in [0.1, 0.15) is 21.9 Å². The van der Waals surface area contributed by atoms with Gasteiger partial charge in [0.25, 0.3) is 11.1 Å². The number of phenolic OH excluding ortho intramolecular Hbond substituents is 1. The molecule has 47 heavy (non-hydrogen) atoms. The molecule has 0 unspecified atom stereocenters. The van der Waals surface area contributed by atoms with Crippen molar-refractivity contribution >= 4 is 29.2 Å². The first kappa shape index (κ1) is 34.2. The molecule has 0 saturated carbocycles. The average molecular weight is 702 g/mol. The number of hydrogen-bond acceptors (Lipinski definition) is 6. The molecule has 4 aromatic rings. The number of nitrogens with zero attached hydrogens (tertiary/aromatic N) is 4. The third-order valence-corrected chi connectivity index (χ3v) is 8.40. The maximum atomic E-state index is 14.4. The fourth-order valence-electron chi connectivity index (χ4n) is 5.50. The maximum Gasteiger partial charge on any atom is 0.344 e. The largest absolute Gasteiger partial charge is 0.505 e. The van der Waals surface area contributed by atoms with Crippen molar-refractivity contribution in [2.24, 2.45) is 0 Å². The molecule has 0 aliphatic carbocycles. The quantitative estimate of drug-likeness (QED) is 0.192. The summed E-state index contributed by atoms with van der Waals surface area (Å²) in [7, 11) is 0. The maximum absolute atomic E-state index is 14.4. The zero-order valence-corrected chi connectivity index (χ0v) is 26.8. The molecule has 2 aromatic heterocycles. The van der Waals surface area contributed by atoms with E-state index in [1.165, 1.54) is 9.36 Å². The lowest BCUT2D eigenvalue weighted by atomic mass is 10.1. The van der Waals surface area contributed by atoms with Crippen molar-refractivity contribution in [3.8, 4) is 33.8 Å². The van der Waals surface area contributed by atoms with Crippen molar-refractivity contribution in [1.82, 2.24) is 18.7 Å². The molecular weight excluding hydrogens is 671 g/mol. The summed E-state index contributed by atoms with van der Waals surface area (Å²) >= 11 is 12.4. The minimum atomic E-state index is -1.08. The molecular formula is C31H30Cl2F4N4O6.